The van der Waals surface area contributed by atoms with Gasteiger partial charge in [-0.15, -0.1) is 0 Å². The number of aromatic carboxylic acids is 1. The normalized spacial score (nSPS) is 10.1. The quantitative estimate of drug-likeness (QED) is 0.731. The lowest BCUT2D eigenvalue weighted by Gasteiger charge is -2.00. The first-order valence-electron chi connectivity index (χ1n) is 4.92. The lowest BCUT2D eigenvalue weighted by atomic mass is 10.1. The molecule has 0 atom stereocenters. The molecule has 0 radical (unpaired) electrons. The van der Waals surface area contributed by atoms with Gasteiger partial charge in [-0.2, -0.15) is 0 Å². The number of pyridine rings is 1. The molecule has 0 amide bonds. The fourth-order valence-electron chi connectivity index (χ4n) is 1.33. The van der Waals surface area contributed by atoms with Crippen LogP contribution in [0.25, 0.3) is 0 Å². The number of hydrogen-bond donors (Lipinski definition) is 1. The van der Waals surface area contributed by atoms with Gasteiger partial charge < -0.3 is 5.11 Å². The van der Waals surface area contributed by atoms with Crippen molar-refractivity contribution in [3.8, 4) is 0 Å². The van der Waals surface area contributed by atoms with Crippen molar-refractivity contribution >= 4 is 5.97 Å². The Balaban J connectivity index is 2.59. The van der Waals surface area contributed by atoms with Crippen molar-refractivity contribution in [1.29, 1.82) is 0 Å². The van der Waals surface area contributed by atoms with Crippen LogP contribution >= 0.6 is 0 Å². The molecule has 0 aliphatic heterocycles. The molecule has 1 aromatic heterocycles. The number of hydrogen-bond acceptors (Lipinski definition) is 2. The Labute approximate surface area is 83.8 Å². The zero-order chi connectivity index (χ0) is 10.4. The van der Waals surface area contributed by atoms with Crippen LogP contribution in [0.5, 0.6) is 0 Å². The van der Waals surface area contributed by atoms with Crippen LogP contribution in [0.3, 0.4) is 0 Å². The Bertz CT molecular complexity index is 310. The van der Waals surface area contributed by atoms with Gasteiger partial charge >= 0.3 is 5.97 Å². The maximum Gasteiger partial charge on any atom is 0.354 e. The molecule has 0 unspecified atom stereocenters. The Hall–Kier alpha value is -1.38. The standard InChI is InChI=1S/C11H15NO2/c1-2-3-4-5-9-6-7-12-10(8-9)11(13)14/h6-8H,2-5H2,1H3,(H,13,14). The van der Waals surface area contributed by atoms with Crippen molar-refractivity contribution in [3.63, 3.8) is 0 Å². The van der Waals surface area contributed by atoms with Crippen LogP contribution in [0.15, 0.2) is 18.3 Å². The van der Waals surface area contributed by atoms with E-state index < -0.39 is 5.97 Å². The molecule has 1 rings (SSSR count). The third kappa shape index (κ3) is 3.17. The summed E-state index contributed by atoms with van der Waals surface area (Å²) in [6.45, 7) is 2.15. The Kier molecular flexibility index (Phi) is 4.11. The molecule has 0 saturated carbocycles. The van der Waals surface area contributed by atoms with Gasteiger partial charge in [0.15, 0.2) is 0 Å². The molecule has 0 aliphatic carbocycles. The van der Waals surface area contributed by atoms with Gasteiger partial charge in [0.05, 0.1) is 0 Å². The Morgan fingerprint density at radius 1 is 1.50 bits per heavy atom. The first-order valence-corrected chi connectivity index (χ1v) is 4.92. The second kappa shape index (κ2) is 5.37. The van der Waals surface area contributed by atoms with Crippen molar-refractivity contribution in [2.45, 2.75) is 32.6 Å². The maximum atomic E-state index is 10.6. The van der Waals surface area contributed by atoms with Crippen LogP contribution in [0.1, 0.15) is 42.2 Å². The van der Waals surface area contributed by atoms with Gasteiger partial charge in [-0.1, -0.05) is 19.8 Å². The van der Waals surface area contributed by atoms with E-state index in [4.69, 9.17) is 5.11 Å². The van der Waals surface area contributed by atoms with E-state index in [0.29, 0.717) is 0 Å². The van der Waals surface area contributed by atoms with E-state index in [0.717, 1.165) is 18.4 Å². The summed E-state index contributed by atoms with van der Waals surface area (Å²) >= 11 is 0. The minimum Gasteiger partial charge on any atom is -0.477 e. The molecule has 3 heteroatoms. The molecule has 1 N–H and O–H groups in total. The number of carboxylic acid groups (broad SMARTS) is 1. The van der Waals surface area contributed by atoms with Crippen molar-refractivity contribution in [2.75, 3.05) is 0 Å². The van der Waals surface area contributed by atoms with Gasteiger partial charge in [-0.3, -0.25) is 0 Å². The minimum absolute atomic E-state index is 0.138. The fraction of sp³-hybridized carbons (Fsp3) is 0.455. The van der Waals surface area contributed by atoms with Crippen molar-refractivity contribution < 1.29 is 9.90 Å². The molecule has 1 aromatic rings. The first-order chi connectivity index (χ1) is 6.74. The van der Waals surface area contributed by atoms with Crippen molar-refractivity contribution in [1.82, 2.24) is 4.98 Å². The second-order valence-electron chi connectivity index (χ2n) is 3.31. The van der Waals surface area contributed by atoms with Gasteiger partial charge in [0, 0.05) is 6.20 Å². The average Bonchev–Trinajstić information content (AvgIpc) is 2.19. The summed E-state index contributed by atoms with van der Waals surface area (Å²) in [5, 5.41) is 8.72. The number of carboxylic acids is 1. The smallest absolute Gasteiger partial charge is 0.354 e. The monoisotopic (exact) mass is 193 g/mol. The van der Waals surface area contributed by atoms with Crippen LogP contribution in [0.2, 0.25) is 0 Å². The molecule has 0 aliphatic rings. The molecule has 3 nitrogen and oxygen atoms in total. The first kappa shape index (κ1) is 10.7. The lowest BCUT2D eigenvalue weighted by molar-refractivity contribution is 0.0690. The summed E-state index contributed by atoms with van der Waals surface area (Å²) in [6.07, 6.45) is 5.97. The van der Waals surface area contributed by atoms with Crippen LogP contribution < -0.4 is 0 Å². The molecule has 0 aromatic carbocycles. The predicted octanol–water partition coefficient (Wildman–Crippen LogP) is 2.51. The highest BCUT2D eigenvalue weighted by Crippen LogP contribution is 2.07. The largest absolute Gasteiger partial charge is 0.477 e. The highest BCUT2D eigenvalue weighted by atomic mass is 16.4. The summed E-state index contributed by atoms with van der Waals surface area (Å²) < 4.78 is 0. The SMILES string of the molecule is CCCCCc1ccnc(C(=O)O)c1. The molecule has 0 saturated heterocycles. The number of unbranched alkanes of at least 4 members (excludes halogenated alkanes) is 2. The second-order valence-corrected chi connectivity index (χ2v) is 3.31. The zero-order valence-electron chi connectivity index (χ0n) is 8.36. The number of nitrogens with zero attached hydrogens (tertiary/aromatic N) is 1. The third-order valence-corrected chi connectivity index (χ3v) is 2.11. The van der Waals surface area contributed by atoms with E-state index in [2.05, 4.69) is 11.9 Å². The molecule has 0 fully saturated rings. The van der Waals surface area contributed by atoms with E-state index >= 15 is 0 Å². The summed E-state index contributed by atoms with van der Waals surface area (Å²) in [6, 6.07) is 3.53. The highest BCUT2D eigenvalue weighted by molar-refractivity contribution is 5.85. The molecule has 0 bridgehead atoms. The van der Waals surface area contributed by atoms with Gasteiger partial charge in [0.25, 0.3) is 0 Å². The topological polar surface area (TPSA) is 50.2 Å². The number of rotatable bonds is 5. The summed E-state index contributed by atoms with van der Waals surface area (Å²) in [4.78, 5) is 14.4. The van der Waals surface area contributed by atoms with Gasteiger partial charge in [-0.25, -0.2) is 9.78 Å². The van der Waals surface area contributed by atoms with E-state index in [1.54, 1.807) is 12.3 Å². The molecule has 14 heavy (non-hydrogen) atoms. The fourth-order valence-corrected chi connectivity index (χ4v) is 1.33. The zero-order valence-corrected chi connectivity index (χ0v) is 8.36. The van der Waals surface area contributed by atoms with Crippen LogP contribution in [-0.2, 0) is 6.42 Å². The van der Waals surface area contributed by atoms with Gasteiger partial charge in [-0.05, 0) is 30.5 Å². The van der Waals surface area contributed by atoms with Gasteiger partial charge in [0.2, 0.25) is 0 Å². The molecule has 1 heterocycles. The predicted molar refractivity (Wildman–Crippen MR) is 54.4 cm³/mol. The highest BCUT2D eigenvalue weighted by Gasteiger charge is 2.04. The summed E-state index contributed by atoms with van der Waals surface area (Å²) in [5.74, 6) is -0.956. The number of aryl methyl sites for hydroxylation is 1. The molecule has 0 spiro atoms. The van der Waals surface area contributed by atoms with E-state index in [1.807, 2.05) is 6.07 Å². The van der Waals surface area contributed by atoms with Crippen molar-refractivity contribution in [3.05, 3.63) is 29.6 Å². The number of aromatic nitrogens is 1. The average molecular weight is 193 g/mol. The van der Waals surface area contributed by atoms with Crippen LogP contribution in [0, 0.1) is 0 Å². The molecular weight excluding hydrogens is 178 g/mol. The Morgan fingerprint density at radius 2 is 2.29 bits per heavy atom. The Morgan fingerprint density at radius 3 is 2.93 bits per heavy atom. The third-order valence-electron chi connectivity index (χ3n) is 2.11. The number of carbonyl (C=O) groups is 1. The van der Waals surface area contributed by atoms with Crippen LogP contribution in [0.4, 0.5) is 0 Å². The maximum absolute atomic E-state index is 10.6. The summed E-state index contributed by atoms with van der Waals surface area (Å²) in [7, 11) is 0. The van der Waals surface area contributed by atoms with E-state index in [9.17, 15) is 4.79 Å². The minimum atomic E-state index is -0.956. The van der Waals surface area contributed by atoms with E-state index in [1.165, 1.54) is 12.8 Å². The summed E-state index contributed by atoms with van der Waals surface area (Å²) in [5.41, 5.74) is 1.20. The molecule has 76 valence electrons. The van der Waals surface area contributed by atoms with Crippen LogP contribution in [-0.4, -0.2) is 16.1 Å². The molecular formula is C11H15NO2. The van der Waals surface area contributed by atoms with Gasteiger partial charge in [0.1, 0.15) is 5.69 Å². The van der Waals surface area contributed by atoms with E-state index in [-0.39, 0.29) is 5.69 Å². The lowest BCUT2D eigenvalue weighted by Crippen LogP contribution is -2.00. The van der Waals surface area contributed by atoms with Crippen molar-refractivity contribution in [2.24, 2.45) is 0 Å².